The van der Waals surface area contributed by atoms with E-state index in [4.69, 9.17) is 10.5 Å². The van der Waals surface area contributed by atoms with E-state index < -0.39 is 0 Å². The van der Waals surface area contributed by atoms with Gasteiger partial charge in [0.05, 0.1) is 0 Å². The minimum Gasteiger partial charge on any atom is -0.474 e. The van der Waals surface area contributed by atoms with Crippen LogP contribution < -0.4 is 10.5 Å². The Bertz CT molecular complexity index is 525. The van der Waals surface area contributed by atoms with Gasteiger partial charge in [-0.15, -0.1) is 0 Å². The highest BCUT2D eigenvalue weighted by Crippen LogP contribution is 2.30. The first-order valence-corrected chi connectivity index (χ1v) is 5.79. The maximum absolute atomic E-state index is 5.76. The molecule has 0 spiro atoms. The van der Waals surface area contributed by atoms with E-state index in [2.05, 4.69) is 15.0 Å². The van der Waals surface area contributed by atoms with Crippen LogP contribution in [0.5, 0.6) is 5.88 Å². The Kier molecular flexibility index (Phi) is 2.60. The zero-order valence-corrected chi connectivity index (χ0v) is 9.41. The highest BCUT2D eigenvalue weighted by molar-refractivity contribution is 5.69. The van der Waals surface area contributed by atoms with Crippen LogP contribution in [0.25, 0.3) is 11.2 Å². The van der Waals surface area contributed by atoms with E-state index in [0.717, 1.165) is 24.9 Å². The van der Waals surface area contributed by atoms with E-state index in [-0.39, 0.29) is 6.10 Å². The van der Waals surface area contributed by atoms with Gasteiger partial charge in [0.15, 0.2) is 5.65 Å². The van der Waals surface area contributed by atoms with Crippen LogP contribution in [-0.2, 0) is 0 Å². The summed E-state index contributed by atoms with van der Waals surface area (Å²) in [6, 6.07) is 3.72. The van der Waals surface area contributed by atoms with Gasteiger partial charge >= 0.3 is 0 Å². The predicted molar refractivity (Wildman–Crippen MR) is 63.5 cm³/mol. The Hall–Kier alpha value is -1.75. The van der Waals surface area contributed by atoms with Gasteiger partial charge in [0.2, 0.25) is 5.88 Å². The first-order chi connectivity index (χ1) is 8.35. The minimum atomic E-state index is 0.255. The van der Waals surface area contributed by atoms with Gasteiger partial charge in [0, 0.05) is 18.5 Å². The molecular weight excluding hydrogens is 216 g/mol. The number of rotatable bonds is 3. The highest BCUT2D eigenvalue weighted by atomic mass is 16.5. The molecule has 2 heterocycles. The summed E-state index contributed by atoms with van der Waals surface area (Å²) >= 11 is 0. The molecule has 1 fully saturated rings. The largest absolute Gasteiger partial charge is 0.474 e. The molecule has 0 aliphatic heterocycles. The fraction of sp³-hybridized carbons (Fsp3) is 0.417. The van der Waals surface area contributed by atoms with E-state index in [1.54, 1.807) is 12.4 Å². The molecule has 5 heteroatoms. The Morgan fingerprint density at radius 3 is 2.88 bits per heavy atom. The van der Waals surface area contributed by atoms with Crippen molar-refractivity contribution >= 4 is 11.2 Å². The van der Waals surface area contributed by atoms with Crippen LogP contribution in [0.4, 0.5) is 0 Å². The first kappa shape index (κ1) is 10.4. The summed E-state index contributed by atoms with van der Waals surface area (Å²) in [7, 11) is 0. The second-order valence-corrected chi connectivity index (χ2v) is 4.36. The summed E-state index contributed by atoms with van der Waals surface area (Å²) in [4.78, 5) is 12.6. The lowest BCUT2D eigenvalue weighted by molar-refractivity contribution is 0.0652. The second-order valence-electron chi connectivity index (χ2n) is 4.36. The van der Waals surface area contributed by atoms with Crippen LogP contribution in [0.15, 0.2) is 24.5 Å². The number of hydrogen-bond acceptors (Lipinski definition) is 5. The topological polar surface area (TPSA) is 73.9 Å². The second kappa shape index (κ2) is 4.25. The maximum Gasteiger partial charge on any atom is 0.215 e. The third-order valence-electron chi connectivity index (χ3n) is 3.12. The Labute approximate surface area is 99.0 Å². The number of fused-ring (bicyclic) bond motifs is 1. The van der Waals surface area contributed by atoms with Gasteiger partial charge in [-0.1, -0.05) is 0 Å². The number of ether oxygens (including phenoxy) is 1. The van der Waals surface area contributed by atoms with Gasteiger partial charge < -0.3 is 10.5 Å². The quantitative estimate of drug-likeness (QED) is 0.855. The van der Waals surface area contributed by atoms with Crippen molar-refractivity contribution in [3.05, 3.63) is 24.5 Å². The molecule has 0 aromatic carbocycles. The molecule has 2 N–H and O–H groups in total. The SMILES string of the molecule is NCC1CC(Oc2ccc3nccnc3n2)C1. The molecule has 3 rings (SSSR count). The van der Waals surface area contributed by atoms with Gasteiger partial charge in [-0.3, -0.25) is 4.98 Å². The minimum absolute atomic E-state index is 0.255. The average molecular weight is 230 g/mol. The molecule has 0 bridgehead atoms. The maximum atomic E-state index is 5.76. The summed E-state index contributed by atoms with van der Waals surface area (Å²) < 4.78 is 5.76. The van der Waals surface area contributed by atoms with E-state index in [0.29, 0.717) is 17.4 Å². The molecule has 1 saturated carbocycles. The molecular formula is C12H14N4O. The molecule has 0 unspecified atom stereocenters. The van der Waals surface area contributed by atoms with Crippen molar-refractivity contribution in [2.24, 2.45) is 11.7 Å². The number of pyridine rings is 1. The molecule has 88 valence electrons. The van der Waals surface area contributed by atoms with Gasteiger partial charge in [0.1, 0.15) is 11.6 Å². The molecule has 5 nitrogen and oxygen atoms in total. The summed E-state index contributed by atoms with van der Waals surface area (Å²) in [5.74, 6) is 1.23. The van der Waals surface area contributed by atoms with E-state index in [9.17, 15) is 0 Å². The Morgan fingerprint density at radius 1 is 1.24 bits per heavy atom. The lowest BCUT2D eigenvalue weighted by atomic mass is 9.82. The van der Waals surface area contributed by atoms with Crippen LogP contribution in [-0.4, -0.2) is 27.6 Å². The van der Waals surface area contributed by atoms with Crippen molar-refractivity contribution in [2.45, 2.75) is 18.9 Å². The summed E-state index contributed by atoms with van der Waals surface area (Å²) in [6.07, 6.45) is 5.59. The number of nitrogens with zero attached hydrogens (tertiary/aromatic N) is 3. The molecule has 1 aliphatic carbocycles. The number of aromatic nitrogens is 3. The zero-order valence-electron chi connectivity index (χ0n) is 9.41. The van der Waals surface area contributed by atoms with Crippen LogP contribution in [0.1, 0.15) is 12.8 Å². The summed E-state index contributed by atoms with van der Waals surface area (Å²) in [5, 5.41) is 0. The Balaban J connectivity index is 1.73. The number of hydrogen-bond donors (Lipinski definition) is 1. The Morgan fingerprint density at radius 2 is 2.06 bits per heavy atom. The fourth-order valence-corrected chi connectivity index (χ4v) is 2.04. The van der Waals surface area contributed by atoms with E-state index in [1.807, 2.05) is 12.1 Å². The lowest BCUT2D eigenvalue weighted by Gasteiger charge is -2.34. The molecule has 0 amide bonds. The van der Waals surface area contributed by atoms with Crippen molar-refractivity contribution in [1.29, 1.82) is 0 Å². The van der Waals surface area contributed by atoms with Crippen LogP contribution in [0, 0.1) is 5.92 Å². The van der Waals surface area contributed by atoms with Crippen molar-refractivity contribution in [3.63, 3.8) is 0 Å². The van der Waals surface area contributed by atoms with Crippen molar-refractivity contribution < 1.29 is 4.74 Å². The van der Waals surface area contributed by atoms with Crippen molar-refractivity contribution in [1.82, 2.24) is 15.0 Å². The lowest BCUT2D eigenvalue weighted by Crippen LogP contribution is -2.37. The molecule has 2 aromatic rings. The van der Waals surface area contributed by atoms with Gasteiger partial charge in [-0.05, 0) is 31.4 Å². The average Bonchev–Trinajstić information content (AvgIpc) is 2.33. The first-order valence-electron chi connectivity index (χ1n) is 5.79. The van der Waals surface area contributed by atoms with Crippen LogP contribution in [0.3, 0.4) is 0 Å². The van der Waals surface area contributed by atoms with Crippen LogP contribution >= 0.6 is 0 Å². The normalized spacial score (nSPS) is 23.4. The zero-order chi connectivity index (χ0) is 11.7. The fourth-order valence-electron chi connectivity index (χ4n) is 2.04. The van der Waals surface area contributed by atoms with Crippen molar-refractivity contribution in [2.75, 3.05) is 6.54 Å². The van der Waals surface area contributed by atoms with Gasteiger partial charge in [-0.2, -0.15) is 4.98 Å². The molecule has 17 heavy (non-hydrogen) atoms. The monoisotopic (exact) mass is 230 g/mol. The smallest absolute Gasteiger partial charge is 0.215 e. The highest BCUT2D eigenvalue weighted by Gasteiger charge is 2.29. The number of nitrogens with two attached hydrogens (primary N) is 1. The third kappa shape index (κ3) is 2.06. The summed E-state index contributed by atoms with van der Waals surface area (Å²) in [5.41, 5.74) is 6.98. The van der Waals surface area contributed by atoms with Crippen LogP contribution in [0.2, 0.25) is 0 Å². The third-order valence-corrected chi connectivity index (χ3v) is 3.12. The molecule has 0 radical (unpaired) electrons. The predicted octanol–water partition coefficient (Wildman–Crippen LogP) is 1.14. The standard InChI is InChI=1S/C12H14N4O/c13-7-8-5-9(6-8)17-11-2-1-10-12(16-11)15-4-3-14-10/h1-4,8-9H,5-7,13H2. The van der Waals surface area contributed by atoms with E-state index in [1.165, 1.54) is 0 Å². The van der Waals surface area contributed by atoms with Gasteiger partial charge in [0.25, 0.3) is 0 Å². The van der Waals surface area contributed by atoms with Crippen molar-refractivity contribution in [3.8, 4) is 5.88 Å². The van der Waals surface area contributed by atoms with Gasteiger partial charge in [-0.25, -0.2) is 4.98 Å². The molecule has 1 aliphatic rings. The van der Waals surface area contributed by atoms with E-state index >= 15 is 0 Å². The molecule has 2 aromatic heterocycles. The summed E-state index contributed by atoms with van der Waals surface area (Å²) in [6.45, 7) is 0.747. The molecule has 0 saturated heterocycles. The molecule has 0 atom stereocenters.